The van der Waals surface area contributed by atoms with Crippen molar-refractivity contribution in [3.05, 3.63) is 47.6 Å². The Kier molecular flexibility index (Phi) is 5.59. The number of rotatable bonds is 5. The third kappa shape index (κ3) is 3.49. The molecule has 1 saturated carbocycles. The number of allylic oxidation sites excluding steroid dienone is 2. The van der Waals surface area contributed by atoms with Crippen LogP contribution in [0, 0.1) is 5.92 Å². The van der Waals surface area contributed by atoms with Gasteiger partial charge in [0.25, 0.3) is 0 Å². The van der Waals surface area contributed by atoms with Gasteiger partial charge in [-0.3, -0.25) is 4.79 Å². The lowest BCUT2D eigenvalue weighted by Crippen LogP contribution is -2.18. The summed E-state index contributed by atoms with van der Waals surface area (Å²) in [5.41, 5.74) is 3.22. The van der Waals surface area contributed by atoms with Gasteiger partial charge in [-0.05, 0) is 54.4 Å². The van der Waals surface area contributed by atoms with Gasteiger partial charge in [0.2, 0.25) is 0 Å². The van der Waals surface area contributed by atoms with E-state index in [-0.39, 0.29) is 5.78 Å². The largest absolute Gasteiger partial charge is 0.496 e. The Morgan fingerprint density at radius 1 is 1.41 bits per heavy atom. The van der Waals surface area contributed by atoms with Crippen molar-refractivity contribution in [2.24, 2.45) is 5.92 Å². The summed E-state index contributed by atoms with van der Waals surface area (Å²) in [4.78, 5) is 12.4. The third-order valence-electron chi connectivity index (χ3n) is 4.41. The van der Waals surface area contributed by atoms with E-state index in [1.165, 1.54) is 5.56 Å². The predicted molar refractivity (Wildman–Crippen MR) is 92.2 cm³/mol. The minimum atomic E-state index is 0.277. The number of benzene rings is 1. The standard InChI is InChI=1S/C20H26O2/c1-5-8-15-9-6-11-19(21)17(15)13-18-16(14(2)3)10-7-12-20(18)22-4/h5,7,10,12-15H,1,6,8-9,11H2,2-4H3/b17-13+/t15-/m0/s1. The Morgan fingerprint density at radius 3 is 2.82 bits per heavy atom. The second kappa shape index (κ2) is 7.44. The lowest BCUT2D eigenvalue weighted by atomic mass is 9.80. The summed E-state index contributed by atoms with van der Waals surface area (Å²) in [5.74, 6) is 1.80. The molecule has 1 aliphatic carbocycles. The molecule has 1 aromatic carbocycles. The molecule has 2 rings (SSSR count). The number of hydrogen-bond acceptors (Lipinski definition) is 2. The minimum absolute atomic E-state index is 0.277. The van der Waals surface area contributed by atoms with Crippen LogP contribution in [0.5, 0.6) is 5.75 Å². The summed E-state index contributed by atoms with van der Waals surface area (Å²) in [6.07, 6.45) is 7.56. The highest BCUT2D eigenvalue weighted by atomic mass is 16.5. The van der Waals surface area contributed by atoms with Crippen LogP contribution in [0.2, 0.25) is 0 Å². The highest BCUT2D eigenvalue weighted by Gasteiger charge is 2.25. The van der Waals surface area contributed by atoms with Gasteiger partial charge in [-0.25, -0.2) is 0 Å². The highest BCUT2D eigenvalue weighted by molar-refractivity contribution is 6.01. The molecule has 1 atom stereocenters. The number of carbonyl (C=O) groups excluding carboxylic acids is 1. The quantitative estimate of drug-likeness (QED) is 0.555. The number of hydrogen-bond donors (Lipinski definition) is 0. The van der Waals surface area contributed by atoms with E-state index in [2.05, 4.69) is 32.6 Å². The maximum absolute atomic E-state index is 12.4. The third-order valence-corrected chi connectivity index (χ3v) is 4.41. The van der Waals surface area contributed by atoms with Crippen molar-refractivity contribution in [2.75, 3.05) is 7.11 Å². The molecule has 118 valence electrons. The first-order valence-electron chi connectivity index (χ1n) is 8.11. The molecule has 0 radical (unpaired) electrons. The van der Waals surface area contributed by atoms with Gasteiger partial charge in [0.05, 0.1) is 7.11 Å². The fourth-order valence-electron chi connectivity index (χ4n) is 3.23. The topological polar surface area (TPSA) is 26.3 Å². The van der Waals surface area contributed by atoms with E-state index >= 15 is 0 Å². The predicted octanol–water partition coefficient (Wildman–Crippen LogP) is 5.15. The molecule has 0 saturated heterocycles. The monoisotopic (exact) mass is 298 g/mol. The van der Waals surface area contributed by atoms with Crippen molar-refractivity contribution in [1.82, 2.24) is 0 Å². The van der Waals surface area contributed by atoms with E-state index in [0.29, 0.717) is 18.3 Å². The molecule has 0 amide bonds. The summed E-state index contributed by atoms with van der Waals surface area (Å²) in [7, 11) is 1.69. The van der Waals surface area contributed by atoms with Gasteiger partial charge in [-0.1, -0.05) is 32.1 Å². The van der Waals surface area contributed by atoms with Crippen LogP contribution < -0.4 is 4.74 Å². The van der Waals surface area contributed by atoms with E-state index in [1.54, 1.807) is 7.11 Å². The molecule has 1 fully saturated rings. The van der Waals surface area contributed by atoms with Gasteiger partial charge in [-0.2, -0.15) is 0 Å². The van der Waals surface area contributed by atoms with Crippen molar-refractivity contribution in [2.45, 2.75) is 45.4 Å². The molecule has 0 aliphatic heterocycles. The number of ketones is 1. The van der Waals surface area contributed by atoms with Crippen molar-refractivity contribution in [1.29, 1.82) is 0 Å². The first-order chi connectivity index (χ1) is 10.6. The lowest BCUT2D eigenvalue weighted by Gasteiger charge is -2.24. The molecular weight excluding hydrogens is 272 g/mol. The van der Waals surface area contributed by atoms with E-state index in [4.69, 9.17) is 4.74 Å². The van der Waals surface area contributed by atoms with Gasteiger partial charge in [0.1, 0.15) is 5.75 Å². The molecule has 0 unspecified atom stereocenters. The summed E-state index contributed by atoms with van der Waals surface area (Å²) < 4.78 is 5.53. The normalized spacial score (nSPS) is 20.5. The maximum Gasteiger partial charge on any atom is 0.159 e. The minimum Gasteiger partial charge on any atom is -0.496 e. The number of methoxy groups -OCH3 is 1. The molecule has 2 nitrogen and oxygen atoms in total. The van der Waals surface area contributed by atoms with E-state index in [9.17, 15) is 4.79 Å². The molecule has 0 spiro atoms. The van der Waals surface area contributed by atoms with Crippen molar-refractivity contribution < 1.29 is 9.53 Å². The van der Waals surface area contributed by atoms with Crippen LogP contribution in [0.4, 0.5) is 0 Å². The van der Waals surface area contributed by atoms with Gasteiger partial charge in [0.15, 0.2) is 5.78 Å². The number of ether oxygens (including phenoxy) is 1. The summed E-state index contributed by atoms with van der Waals surface area (Å²) >= 11 is 0. The van der Waals surface area contributed by atoms with Crippen LogP contribution in [-0.2, 0) is 4.79 Å². The van der Waals surface area contributed by atoms with Crippen molar-refractivity contribution in [3.8, 4) is 5.75 Å². The van der Waals surface area contributed by atoms with Crippen LogP contribution in [0.3, 0.4) is 0 Å². The zero-order valence-corrected chi connectivity index (χ0v) is 13.9. The zero-order valence-electron chi connectivity index (χ0n) is 13.9. The van der Waals surface area contributed by atoms with E-state index < -0.39 is 0 Å². The van der Waals surface area contributed by atoms with Crippen molar-refractivity contribution >= 4 is 11.9 Å². The molecule has 1 aromatic rings. The summed E-state index contributed by atoms with van der Waals surface area (Å²) in [5, 5.41) is 0. The van der Waals surface area contributed by atoms with Gasteiger partial charge < -0.3 is 4.74 Å². The second-order valence-corrected chi connectivity index (χ2v) is 6.25. The number of carbonyl (C=O) groups is 1. The number of Topliss-reactive ketones (excluding diaryl/α,β-unsaturated/α-hetero) is 1. The summed E-state index contributed by atoms with van der Waals surface area (Å²) in [6, 6.07) is 6.10. The average Bonchev–Trinajstić information content (AvgIpc) is 2.50. The van der Waals surface area contributed by atoms with Crippen molar-refractivity contribution in [3.63, 3.8) is 0 Å². The Hall–Kier alpha value is -1.83. The summed E-state index contributed by atoms with van der Waals surface area (Å²) in [6.45, 7) is 8.17. The molecule has 0 aromatic heterocycles. The molecule has 0 N–H and O–H groups in total. The van der Waals surface area contributed by atoms with Gasteiger partial charge >= 0.3 is 0 Å². The van der Waals surface area contributed by atoms with Crippen LogP contribution >= 0.6 is 0 Å². The lowest BCUT2D eigenvalue weighted by molar-refractivity contribution is -0.117. The first kappa shape index (κ1) is 16.5. The van der Waals surface area contributed by atoms with Crippen LogP contribution in [0.15, 0.2) is 36.4 Å². The van der Waals surface area contributed by atoms with E-state index in [0.717, 1.165) is 36.1 Å². The fraction of sp³-hybridized carbons (Fsp3) is 0.450. The Balaban J connectivity index is 2.53. The Labute approximate surface area is 133 Å². The molecular formula is C20H26O2. The van der Waals surface area contributed by atoms with Crippen LogP contribution in [-0.4, -0.2) is 12.9 Å². The smallest absolute Gasteiger partial charge is 0.159 e. The zero-order chi connectivity index (χ0) is 16.1. The maximum atomic E-state index is 12.4. The molecule has 0 heterocycles. The van der Waals surface area contributed by atoms with Gasteiger partial charge in [-0.15, -0.1) is 6.58 Å². The molecule has 2 heteroatoms. The highest BCUT2D eigenvalue weighted by Crippen LogP contribution is 2.35. The Bertz CT molecular complexity index is 581. The fourth-order valence-corrected chi connectivity index (χ4v) is 3.23. The molecule has 0 bridgehead atoms. The van der Waals surface area contributed by atoms with E-state index in [1.807, 2.05) is 18.2 Å². The molecule has 22 heavy (non-hydrogen) atoms. The molecule has 1 aliphatic rings. The Morgan fingerprint density at radius 2 is 2.18 bits per heavy atom. The average molecular weight is 298 g/mol. The van der Waals surface area contributed by atoms with Crippen LogP contribution in [0.1, 0.15) is 56.6 Å². The second-order valence-electron chi connectivity index (χ2n) is 6.25. The first-order valence-corrected chi connectivity index (χ1v) is 8.11. The van der Waals surface area contributed by atoms with Crippen LogP contribution in [0.25, 0.3) is 6.08 Å². The SMILES string of the molecule is C=CC[C@H]1CCCC(=O)/C1=C/c1c(OC)cccc1C(C)C. The van der Waals surface area contributed by atoms with Gasteiger partial charge in [0, 0.05) is 12.0 Å².